The van der Waals surface area contributed by atoms with E-state index in [0.29, 0.717) is 31.1 Å². The van der Waals surface area contributed by atoms with E-state index < -0.39 is 6.04 Å². The highest BCUT2D eigenvalue weighted by atomic mass is 35.5. The second-order valence-corrected chi connectivity index (χ2v) is 11.8. The predicted molar refractivity (Wildman–Crippen MR) is 173 cm³/mol. The molecule has 0 saturated carbocycles. The lowest BCUT2D eigenvalue weighted by Gasteiger charge is -2.23. The zero-order chi connectivity index (χ0) is 31.2. The first-order chi connectivity index (χ1) is 22.0. The van der Waals surface area contributed by atoms with Crippen LogP contribution in [0.4, 0.5) is 0 Å². The van der Waals surface area contributed by atoms with E-state index in [1.54, 1.807) is 22.9 Å². The fourth-order valence-electron chi connectivity index (χ4n) is 5.81. The number of pyridine rings is 2. The van der Waals surface area contributed by atoms with Crippen molar-refractivity contribution < 1.29 is 14.3 Å². The number of carbonyl (C=O) groups is 1. The number of aromatic nitrogens is 4. The van der Waals surface area contributed by atoms with Gasteiger partial charge in [0, 0.05) is 48.2 Å². The highest BCUT2D eigenvalue weighted by Crippen LogP contribution is 2.33. The number of carbonyl (C=O) groups excluding carboxylic acids is 1. The van der Waals surface area contributed by atoms with Gasteiger partial charge in [0.05, 0.1) is 37.3 Å². The number of methoxy groups -OCH3 is 1. The second kappa shape index (κ2) is 14.2. The molecule has 2 atom stereocenters. The average Bonchev–Trinajstić information content (AvgIpc) is 3.44. The van der Waals surface area contributed by atoms with Crippen LogP contribution < -0.4 is 10.9 Å². The Labute approximate surface area is 266 Å². The Hall–Kier alpha value is -4.31. The summed E-state index contributed by atoms with van der Waals surface area (Å²) in [5, 5.41) is 10.0. The Kier molecular flexibility index (Phi) is 9.69. The van der Waals surface area contributed by atoms with E-state index in [1.807, 2.05) is 41.3 Å². The molecule has 2 aromatic carbocycles. The summed E-state index contributed by atoms with van der Waals surface area (Å²) in [4.78, 5) is 29.1. The maximum Gasteiger partial charge on any atom is 0.307 e. The van der Waals surface area contributed by atoms with Gasteiger partial charge in [-0.25, -0.2) is 4.68 Å². The number of nitrogens with one attached hydrogen (secondary N) is 1. The molecule has 4 heterocycles. The van der Waals surface area contributed by atoms with Crippen molar-refractivity contribution in [3.05, 3.63) is 129 Å². The van der Waals surface area contributed by atoms with E-state index in [2.05, 4.69) is 40.6 Å². The molecule has 0 bridgehead atoms. The molecule has 10 heteroatoms. The molecule has 3 aromatic heterocycles. The van der Waals surface area contributed by atoms with Gasteiger partial charge in [0.15, 0.2) is 6.23 Å². The third-order valence-electron chi connectivity index (χ3n) is 8.14. The topological polar surface area (TPSA) is 100 Å². The van der Waals surface area contributed by atoms with Gasteiger partial charge >= 0.3 is 5.97 Å². The van der Waals surface area contributed by atoms with Crippen molar-refractivity contribution in [2.24, 2.45) is 0 Å². The monoisotopic (exact) mass is 625 g/mol. The Morgan fingerprint density at radius 3 is 2.64 bits per heavy atom. The van der Waals surface area contributed by atoms with Crippen molar-refractivity contribution >= 4 is 28.5 Å². The van der Waals surface area contributed by atoms with Crippen LogP contribution in [0.25, 0.3) is 10.9 Å². The molecule has 0 spiro atoms. The van der Waals surface area contributed by atoms with Crippen molar-refractivity contribution in [1.82, 2.24) is 24.6 Å². The van der Waals surface area contributed by atoms with Crippen LogP contribution in [-0.4, -0.2) is 39.0 Å². The quantitative estimate of drug-likeness (QED) is 0.180. The lowest BCUT2D eigenvalue weighted by atomic mass is 10.0. The summed E-state index contributed by atoms with van der Waals surface area (Å²) in [5.74, 6) is -0.335. The highest BCUT2D eigenvalue weighted by Gasteiger charge is 2.26. The molecule has 1 aliphatic heterocycles. The third kappa shape index (κ3) is 7.50. The molecule has 6 rings (SSSR count). The lowest BCUT2D eigenvalue weighted by Crippen LogP contribution is -2.25. The van der Waals surface area contributed by atoms with E-state index in [4.69, 9.17) is 26.2 Å². The van der Waals surface area contributed by atoms with Crippen molar-refractivity contribution in [2.75, 3.05) is 13.7 Å². The van der Waals surface area contributed by atoms with Crippen molar-refractivity contribution in [3.8, 4) is 0 Å². The normalized spacial score (nSPS) is 15.6. The highest BCUT2D eigenvalue weighted by molar-refractivity contribution is 6.31. The molecule has 0 radical (unpaired) electrons. The first-order valence-electron chi connectivity index (χ1n) is 15.2. The number of esters is 1. The van der Waals surface area contributed by atoms with E-state index >= 15 is 0 Å². The number of hydrogen-bond donors (Lipinski definition) is 1. The standard InChI is InChI=1S/C35H36ClN5O4/c1-44-34(43)19-30(35-29-18-28(36)12-13-31(29)41(39-35)33-7-3-5-15-45-33)38-22-27-17-26(20-37-21-27)16-24-8-10-25(11-9-24)23-40-14-4-2-6-32(40)42/h2,4,6,8-14,17-18,20-21,30,33,38H,3,5,7,15-16,19,22-23H2,1H3. The molecule has 2 unspecified atom stereocenters. The van der Waals surface area contributed by atoms with Crippen LogP contribution >= 0.6 is 11.6 Å². The maximum absolute atomic E-state index is 12.5. The van der Waals surface area contributed by atoms with E-state index in [0.717, 1.165) is 58.1 Å². The zero-order valence-corrected chi connectivity index (χ0v) is 26.0. The van der Waals surface area contributed by atoms with Crippen LogP contribution in [0, 0.1) is 0 Å². The maximum atomic E-state index is 12.5. The van der Waals surface area contributed by atoms with Crippen LogP contribution in [0.15, 0.2) is 90.1 Å². The summed E-state index contributed by atoms with van der Waals surface area (Å²) < 4.78 is 14.7. The molecular weight excluding hydrogens is 590 g/mol. The van der Waals surface area contributed by atoms with Crippen molar-refractivity contribution in [3.63, 3.8) is 0 Å². The van der Waals surface area contributed by atoms with E-state index in [1.165, 1.54) is 7.11 Å². The predicted octanol–water partition coefficient (Wildman–Crippen LogP) is 5.98. The third-order valence-corrected chi connectivity index (χ3v) is 8.38. The minimum atomic E-state index is -0.420. The Balaban J connectivity index is 1.19. The summed E-state index contributed by atoms with van der Waals surface area (Å²) >= 11 is 6.43. The van der Waals surface area contributed by atoms with Crippen LogP contribution in [0.3, 0.4) is 0 Å². The Morgan fingerprint density at radius 1 is 1.04 bits per heavy atom. The zero-order valence-electron chi connectivity index (χ0n) is 25.2. The summed E-state index contributed by atoms with van der Waals surface area (Å²) in [6.07, 6.45) is 9.14. The van der Waals surface area contributed by atoms with Gasteiger partial charge in [0.25, 0.3) is 5.56 Å². The second-order valence-electron chi connectivity index (χ2n) is 11.4. The largest absolute Gasteiger partial charge is 0.469 e. The molecule has 1 fully saturated rings. The Bertz CT molecular complexity index is 1830. The number of fused-ring (bicyclic) bond motifs is 1. The summed E-state index contributed by atoms with van der Waals surface area (Å²) in [7, 11) is 1.39. The summed E-state index contributed by atoms with van der Waals surface area (Å²) in [5.41, 5.74) is 5.90. The molecule has 9 nitrogen and oxygen atoms in total. The summed E-state index contributed by atoms with van der Waals surface area (Å²) in [6.45, 7) is 1.70. The van der Waals surface area contributed by atoms with Crippen LogP contribution in [-0.2, 0) is 33.8 Å². The van der Waals surface area contributed by atoms with Crippen molar-refractivity contribution in [1.29, 1.82) is 0 Å². The number of nitrogens with zero attached hydrogens (tertiary/aromatic N) is 4. The van der Waals surface area contributed by atoms with Gasteiger partial charge < -0.3 is 19.4 Å². The average molecular weight is 626 g/mol. The molecule has 5 aromatic rings. The van der Waals surface area contributed by atoms with Gasteiger partial charge in [-0.05, 0) is 72.2 Å². The van der Waals surface area contributed by atoms with E-state index in [9.17, 15) is 9.59 Å². The molecule has 45 heavy (non-hydrogen) atoms. The van der Waals surface area contributed by atoms with Crippen LogP contribution in [0.5, 0.6) is 0 Å². The van der Waals surface area contributed by atoms with Gasteiger partial charge in [-0.1, -0.05) is 48.0 Å². The number of halogens is 1. The number of ether oxygens (including phenoxy) is 2. The number of hydrogen-bond acceptors (Lipinski definition) is 7. The van der Waals surface area contributed by atoms with E-state index in [-0.39, 0.29) is 24.2 Å². The molecule has 232 valence electrons. The van der Waals surface area contributed by atoms with Crippen LogP contribution in [0.1, 0.15) is 65.9 Å². The van der Waals surface area contributed by atoms with Crippen LogP contribution in [0.2, 0.25) is 5.02 Å². The smallest absolute Gasteiger partial charge is 0.307 e. The number of rotatable bonds is 11. The minimum absolute atomic E-state index is 0.0181. The first-order valence-corrected chi connectivity index (χ1v) is 15.6. The SMILES string of the molecule is COC(=O)CC(NCc1cncc(Cc2ccc(Cn3ccccc3=O)cc2)c1)c1nn(C2CCCCO2)c2ccc(Cl)cc12. The van der Waals surface area contributed by atoms with Crippen molar-refractivity contribution in [2.45, 2.75) is 57.5 Å². The van der Waals surface area contributed by atoms with Gasteiger partial charge in [-0.2, -0.15) is 5.10 Å². The molecule has 1 saturated heterocycles. The minimum Gasteiger partial charge on any atom is -0.469 e. The number of benzene rings is 2. The molecule has 1 N–H and O–H groups in total. The fourth-order valence-corrected chi connectivity index (χ4v) is 5.98. The van der Waals surface area contributed by atoms with Gasteiger partial charge in [-0.3, -0.25) is 14.6 Å². The van der Waals surface area contributed by atoms with Gasteiger partial charge in [-0.15, -0.1) is 0 Å². The molecule has 1 aliphatic rings. The molecular formula is C35H36ClN5O4. The van der Waals surface area contributed by atoms with Gasteiger partial charge in [0.2, 0.25) is 0 Å². The molecule has 0 aliphatic carbocycles. The lowest BCUT2D eigenvalue weighted by molar-refractivity contribution is -0.141. The Morgan fingerprint density at radius 2 is 1.87 bits per heavy atom. The van der Waals surface area contributed by atoms with Gasteiger partial charge in [0.1, 0.15) is 0 Å². The first kappa shape index (κ1) is 30.7. The fraction of sp³-hybridized carbons (Fsp3) is 0.314. The molecule has 0 amide bonds. The summed E-state index contributed by atoms with van der Waals surface area (Å²) in [6, 6.07) is 20.9.